The fourth-order valence-electron chi connectivity index (χ4n) is 5.27. The SMILES string of the molecule is O=Cc1ccc(-c2ccc3c(c2)C(c2ccccc2)(c2ccccc2)c2ccccc2N3)cc1. The topological polar surface area (TPSA) is 29.1 Å². The van der Waals surface area contributed by atoms with Gasteiger partial charge in [0.1, 0.15) is 6.29 Å². The molecular formula is C32H23NO. The summed E-state index contributed by atoms with van der Waals surface area (Å²) in [4.78, 5) is 11.2. The minimum atomic E-state index is -0.474. The van der Waals surface area contributed by atoms with E-state index in [2.05, 4.69) is 108 Å². The second kappa shape index (κ2) is 8.17. The molecule has 0 aromatic heterocycles. The number of carbonyl (C=O) groups excluding carboxylic acids is 1. The van der Waals surface area contributed by atoms with E-state index in [0.717, 1.165) is 28.8 Å². The fourth-order valence-corrected chi connectivity index (χ4v) is 5.27. The summed E-state index contributed by atoms with van der Waals surface area (Å²) in [5, 5.41) is 3.69. The molecule has 5 aromatic carbocycles. The van der Waals surface area contributed by atoms with Gasteiger partial charge in [0.05, 0.1) is 5.41 Å². The van der Waals surface area contributed by atoms with Gasteiger partial charge in [0.25, 0.3) is 0 Å². The first-order valence-electron chi connectivity index (χ1n) is 11.5. The monoisotopic (exact) mass is 437 g/mol. The Morgan fingerprint density at radius 1 is 0.529 bits per heavy atom. The number of carbonyl (C=O) groups is 1. The van der Waals surface area contributed by atoms with E-state index in [4.69, 9.17) is 0 Å². The summed E-state index contributed by atoms with van der Waals surface area (Å²) in [7, 11) is 0. The van der Waals surface area contributed by atoms with E-state index in [1.165, 1.54) is 22.3 Å². The highest BCUT2D eigenvalue weighted by Crippen LogP contribution is 2.54. The molecule has 2 heteroatoms. The van der Waals surface area contributed by atoms with Crippen LogP contribution < -0.4 is 5.32 Å². The predicted octanol–water partition coefficient (Wildman–Crippen LogP) is 7.61. The first kappa shape index (κ1) is 20.2. The van der Waals surface area contributed by atoms with Crippen molar-refractivity contribution in [3.05, 3.63) is 155 Å². The molecule has 1 N–H and O–H groups in total. The molecule has 0 amide bonds. The van der Waals surface area contributed by atoms with Crippen LogP contribution in [-0.2, 0) is 5.41 Å². The van der Waals surface area contributed by atoms with Crippen molar-refractivity contribution < 1.29 is 4.79 Å². The molecule has 0 spiro atoms. The molecule has 1 heterocycles. The van der Waals surface area contributed by atoms with Crippen LogP contribution in [0.15, 0.2) is 127 Å². The first-order valence-corrected chi connectivity index (χ1v) is 11.5. The summed E-state index contributed by atoms with van der Waals surface area (Å²) in [6.45, 7) is 0. The number of fused-ring (bicyclic) bond motifs is 2. The molecule has 162 valence electrons. The third kappa shape index (κ3) is 3.07. The zero-order valence-corrected chi connectivity index (χ0v) is 18.6. The third-order valence-electron chi connectivity index (χ3n) is 6.82. The summed E-state index contributed by atoms with van der Waals surface area (Å²) in [5.41, 5.74) is 9.52. The summed E-state index contributed by atoms with van der Waals surface area (Å²) < 4.78 is 0. The minimum Gasteiger partial charge on any atom is -0.355 e. The predicted molar refractivity (Wildman–Crippen MR) is 139 cm³/mol. The van der Waals surface area contributed by atoms with Crippen LogP contribution in [0.1, 0.15) is 32.6 Å². The lowest BCUT2D eigenvalue weighted by Crippen LogP contribution is -2.35. The maximum atomic E-state index is 11.2. The molecule has 6 rings (SSSR count). The molecule has 0 radical (unpaired) electrons. The maximum Gasteiger partial charge on any atom is 0.150 e. The summed E-state index contributed by atoms with van der Waals surface area (Å²) >= 11 is 0. The van der Waals surface area contributed by atoms with Gasteiger partial charge in [-0.15, -0.1) is 0 Å². The smallest absolute Gasteiger partial charge is 0.150 e. The molecule has 0 unspecified atom stereocenters. The molecule has 34 heavy (non-hydrogen) atoms. The van der Waals surface area contributed by atoms with Gasteiger partial charge in [-0.3, -0.25) is 4.79 Å². The van der Waals surface area contributed by atoms with Gasteiger partial charge >= 0.3 is 0 Å². The van der Waals surface area contributed by atoms with Crippen LogP contribution in [0.4, 0.5) is 11.4 Å². The number of para-hydroxylation sites is 1. The van der Waals surface area contributed by atoms with Gasteiger partial charge in [-0.25, -0.2) is 0 Å². The van der Waals surface area contributed by atoms with Crippen molar-refractivity contribution in [1.29, 1.82) is 0 Å². The van der Waals surface area contributed by atoms with Crippen molar-refractivity contribution >= 4 is 17.7 Å². The van der Waals surface area contributed by atoms with E-state index in [1.54, 1.807) is 0 Å². The maximum absolute atomic E-state index is 11.2. The van der Waals surface area contributed by atoms with Crippen LogP contribution in [0.2, 0.25) is 0 Å². The molecule has 0 aliphatic carbocycles. The van der Waals surface area contributed by atoms with Crippen molar-refractivity contribution in [2.45, 2.75) is 5.41 Å². The zero-order valence-electron chi connectivity index (χ0n) is 18.6. The minimum absolute atomic E-state index is 0.474. The molecule has 0 saturated heterocycles. The molecule has 1 aliphatic heterocycles. The van der Waals surface area contributed by atoms with Crippen LogP contribution in [0, 0.1) is 0 Å². The molecule has 5 aromatic rings. The standard InChI is InChI=1S/C32H23NO/c34-22-23-15-17-24(18-16-23)25-19-20-31-29(21-25)32(26-9-3-1-4-10-26,27-11-5-2-6-12-27)28-13-7-8-14-30(28)33-31/h1-22,33H. The lowest BCUT2D eigenvalue weighted by molar-refractivity contribution is 0.112. The average Bonchev–Trinajstić information content (AvgIpc) is 2.92. The second-order valence-electron chi connectivity index (χ2n) is 8.65. The average molecular weight is 438 g/mol. The Morgan fingerprint density at radius 2 is 1.09 bits per heavy atom. The van der Waals surface area contributed by atoms with Crippen LogP contribution in [0.5, 0.6) is 0 Å². The molecule has 0 saturated carbocycles. The Hall–Kier alpha value is -4.43. The van der Waals surface area contributed by atoms with Gasteiger partial charge < -0.3 is 5.32 Å². The van der Waals surface area contributed by atoms with Gasteiger partial charge in [0.2, 0.25) is 0 Å². The Labute approximate surface area is 199 Å². The normalized spacial score (nSPS) is 13.3. The van der Waals surface area contributed by atoms with Crippen LogP contribution in [0.25, 0.3) is 11.1 Å². The van der Waals surface area contributed by atoms with Crippen LogP contribution in [-0.4, -0.2) is 6.29 Å². The van der Waals surface area contributed by atoms with E-state index in [1.807, 2.05) is 24.3 Å². The van der Waals surface area contributed by atoms with Crippen LogP contribution in [0.3, 0.4) is 0 Å². The van der Waals surface area contributed by atoms with E-state index < -0.39 is 5.41 Å². The quantitative estimate of drug-likeness (QED) is 0.288. The number of nitrogens with one attached hydrogen (secondary N) is 1. The van der Waals surface area contributed by atoms with Gasteiger partial charge in [-0.2, -0.15) is 0 Å². The van der Waals surface area contributed by atoms with Crippen LogP contribution >= 0.6 is 0 Å². The Balaban J connectivity index is 1.69. The fraction of sp³-hybridized carbons (Fsp3) is 0.0312. The van der Waals surface area contributed by atoms with E-state index >= 15 is 0 Å². The first-order chi connectivity index (χ1) is 16.8. The summed E-state index contributed by atoms with van der Waals surface area (Å²) in [6, 6.07) is 44.5. The second-order valence-corrected chi connectivity index (χ2v) is 8.65. The highest BCUT2D eigenvalue weighted by molar-refractivity contribution is 5.84. The van der Waals surface area contributed by atoms with Gasteiger partial charge in [-0.05, 0) is 51.6 Å². The van der Waals surface area contributed by atoms with Crippen molar-refractivity contribution in [3.8, 4) is 11.1 Å². The number of rotatable bonds is 4. The van der Waals surface area contributed by atoms with Crippen molar-refractivity contribution in [2.24, 2.45) is 0 Å². The Morgan fingerprint density at radius 3 is 1.74 bits per heavy atom. The number of hydrogen-bond donors (Lipinski definition) is 1. The van der Waals surface area contributed by atoms with Crippen molar-refractivity contribution in [1.82, 2.24) is 0 Å². The molecule has 0 bridgehead atoms. The largest absolute Gasteiger partial charge is 0.355 e. The highest BCUT2D eigenvalue weighted by atomic mass is 16.1. The molecule has 0 atom stereocenters. The van der Waals surface area contributed by atoms with E-state index in [0.29, 0.717) is 5.56 Å². The Bertz CT molecular complexity index is 1430. The molecule has 2 nitrogen and oxygen atoms in total. The zero-order chi connectivity index (χ0) is 23.0. The highest BCUT2D eigenvalue weighted by Gasteiger charge is 2.44. The van der Waals surface area contributed by atoms with Gasteiger partial charge in [0, 0.05) is 16.9 Å². The van der Waals surface area contributed by atoms with Crippen molar-refractivity contribution in [3.63, 3.8) is 0 Å². The number of aldehydes is 1. The molecular weight excluding hydrogens is 414 g/mol. The summed E-state index contributed by atoms with van der Waals surface area (Å²) in [6.07, 6.45) is 0.882. The number of anilines is 2. The van der Waals surface area contributed by atoms with Gasteiger partial charge in [0.15, 0.2) is 0 Å². The van der Waals surface area contributed by atoms with Gasteiger partial charge in [-0.1, -0.05) is 109 Å². The number of hydrogen-bond acceptors (Lipinski definition) is 2. The lowest BCUT2D eigenvalue weighted by Gasteiger charge is -2.42. The molecule has 0 fully saturated rings. The number of benzene rings is 5. The van der Waals surface area contributed by atoms with Crippen molar-refractivity contribution in [2.75, 3.05) is 5.32 Å². The Kier molecular flexibility index (Phi) is 4.85. The lowest BCUT2D eigenvalue weighted by atomic mass is 9.62. The van der Waals surface area contributed by atoms with E-state index in [9.17, 15) is 4.79 Å². The molecule has 1 aliphatic rings. The summed E-state index contributed by atoms with van der Waals surface area (Å²) in [5.74, 6) is 0. The third-order valence-corrected chi connectivity index (χ3v) is 6.82. The van der Waals surface area contributed by atoms with E-state index in [-0.39, 0.29) is 0 Å².